The lowest BCUT2D eigenvalue weighted by atomic mass is 10.1. The van der Waals surface area contributed by atoms with Crippen molar-refractivity contribution < 1.29 is 9.90 Å². The summed E-state index contributed by atoms with van der Waals surface area (Å²) in [5.41, 5.74) is 1.58. The molecule has 0 amide bonds. The van der Waals surface area contributed by atoms with Crippen molar-refractivity contribution in [1.82, 2.24) is 4.57 Å². The third-order valence-corrected chi connectivity index (χ3v) is 6.43. The van der Waals surface area contributed by atoms with E-state index in [0.717, 1.165) is 18.5 Å². The van der Waals surface area contributed by atoms with Gasteiger partial charge in [-0.15, -0.1) is 0 Å². The summed E-state index contributed by atoms with van der Waals surface area (Å²) >= 11 is 12.6. The first-order valence-electron chi connectivity index (χ1n) is 9.88. The summed E-state index contributed by atoms with van der Waals surface area (Å²) in [7, 11) is 0. The average Bonchev–Trinajstić information content (AvgIpc) is 2.96. The van der Waals surface area contributed by atoms with Crippen LogP contribution in [0.2, 0.25) is 10.0 Å². The van der Waals surface area contributed by atoms with Crippen LogP contribution in [0.25, 0.3) is 21.8 Å². The summed E-state index contributed by atoms with van der Waals surface area (Å²) in [6.45, 7) is -0.319. The molecule has 1 heterocycles. The SMILES string of the molecule is O=C(O)Cn1c2cc(NC3CCCCCC3)ccc2c(=O)c2ccc(Cl)c(Cl)c21. The Morgan fingerprint density at radius 1 is 1.07 bits per heavy atom. The van der Waals surface area contributed by atoms with Gasteiger partial charge in [-0.25, -0.2) is 0 Å². The van der Waals surface area contributed by atoms with Crippen LogP contribution >= 0.6 is 23.2 Å². The van der Waals surface area contributed by atoms with E-state index in [4.69, 9.17) is 23.2 Å². The quantitative estimate of drug-likeness (QED) is 0.410. The number of nitrogens with zero attached hydrogens (tertiary/aromatic N) is 1. The molecule has 2 aromatic carbocycles. The number of rotatable bonds is 4. The molecule has 0 spiro atoms. The highest BCUT2D eigenvalue weighted by Gasteiger charge is 2.18. The Bertz CT molecular complexity index is 1150. The van der Waals surface area contributed by atoms with Crippen molar-refractivity contribution in [3.63, 3.8) is 0 Å². The molecule has 29 heavy (non-hydrogen) atoms. The van der Waals surface area contributed by atoms with Crippen LogP contribution in [0.4, 0.5) is 5.69 Å². The van der Waals surface area contributed by atoms with Gasteiger partial charge in [0.25, 0.3) is 0 Å². The van der Waals surface area contributed by atoms with Gasteiger partial charge in [-0.3, -0.25) is 9.59 Å². The molecule has 1 fully saturated rings. The lowest BCUT2D eigenvalue weighted by Gasteiger charge is -2.20. The zero-order valence-electron chi connectivity index (χ0n) is 15.9. The predicted octanol–water partition coefficient (Wildman–Crippen LogP) is 5.68. The maximum absolute atomic E-state index is 13.1. The number of pyridine rings is 1. The lowest BCUT2D eigenvalue weighted by Crippen LogP contribution is -2.19. The molecular weight excluding hydrogens is 411 g/mol. The van der Waals surface area contributed by atoms with Gasteiger partial charge in [0.05, 0.1) is 21.1 Å². The molecule has 0 atom stereocenters. The third kappa shape index (κ3) is 3.94. The van der Waals surface area contributed by atoms with Crippen LogP contribution in [0.5, 0.6) is 0 Å². The summed E-state index contributed by atoms with van der Waals surface area (Å²) in [5, 5.41) is 14.3. The Balaban J connectivity index is 1.91. The second kappa shape index (κ2) is 8.25. The lowest BCUT2D eigenvalue weighted by molar-refractivity contribution is -0.137. The van der Waals surface area contributed by atoms with E-state index in [-0.39, 0.29) is 22.0 Å². The van der Waals surface area contributed by atoms with Gasteiger partial charge in [-0.05, 0) is 43.2 Å². The van der Waals surface area contributed by atoms with Crippen LogP contribution in [0, 0.1) is 0 Å². The van der Waals surface area contributed by atoms with Gasteiger partial charge in [-0.2, -0.15) is 0 Å². The molecule has 4 rings (SSSR count). The second-order valence-electron chi connectivity index (χ2n) is 7.63. The van der Waals surface area contributed by atoms with E-state index in [2.05, 4.69) is 5.32 Å². The van der Waals surface area contributed by atoms with Gasteiger partial charge in [0, 0.05) is 22.5 Å². The molecular formula is C22H22Cl2N2O3. The van der Waals surface area contributed by atoms with Crippen molar-refractivity contribution in [3.8, 4) is 0 Å². The van der Waals surface area contributed by atoms with Crippen LogP contribution in [-0.4, -0.2) is 21.7 Å². The minimum atomic E-state index is -1.02. The molecule has 0 bridgehead atoms. The normalized spacial score (nSPS) is 15.5. The first kappa shape index (κ1) is 20.0. The van der Waals surface area contributed by atoms with E-state index in [0.29, 0.717) is 27.8 Å². The van der Waals surface area contributed by atoms with Crippen molar-refractivity contribution >= 4 is 56.7 Å². The maximum Gasteiger partial charge on any atom is 0.323 e. The molecule has 0 aliphatic heterocycles. The Morgan fingerprint density at radius 2 is 1.76 bits per heavy atom. The molecule has 5 nitrogen and oxygen atoms in total. The summed E-state index contributed by atoms with van der Waals surface area (Å²) < 4.78 is 1.57. The van der Waals surface area contributed by atoms with Crippen LogP contribution in [0.15, 0.2) is 35.1 Å². The fourth-order valence-electron chi connectivity index (χ4n) is 4.25. The minimum Gasteiger partial charge on any atom is -0.480 e. The van der Waals surface area contributed by atoms with E-state index in [1.54, 1.807) is 22.8 Å². The molecule has 7 heteroatoms. The van der Waals surface area contributed by atoms with E-state index in [9.17, 15) is 14.7 Å². The number of fused-ring (bicyclic) bond motifs is 2. The standard InChI is InChI=1S/C22H22Cl2N2O3/c23-17-10-9-16-21(20(17)24)26(12-19(27)28)18-11-14(7-8-15(18)22(16)29)25-13-5-3-1-2-4-6-13/h7-11,13,25H,1-6,12H2,(H,27,28). The van der Waals surface area contributed by atoms with Crippen LogP contribution in [0.1, 0.15) is 38.5 Å². The zero-order valence-corrected chi connectivity index (χ0v) is 17.4. The Hall–Kier alpha value is -2.24. The first-order valence-corrected chi connectivity index (χ1v) is 10.6. The predicted molar refractivity (Wildman–Crippen MR) is 118 cm³/mol. The molecule has 2 N–H and O–H groups in total. The zero-order chi connectivity index (χ0) is 20.5. The van der Waals surface area contributed by atoms with Crippen LogP contribution in [0.3, 0.4) is 0 Å². The fraction of sp³-hybridized carbons (Fsp3) is 0.364. The molecule has 0 radical (unpaired) electrons. The van der Waals surface area contributed by atoms with Crippen molar-refractivity contribution in [3.05, 3.63) is 50.6 Å². The molecule has 0 saturated heterocycles. The largest absolute Gasteiger partial charge is 0.480 e. The number of hydrogen-bond acceptors (Lipinski definition) is 3. The second-order valence-corrected chi connectivity index (χ2v) is 8.42. The number of aliphatic carboxylic acids is 1. The highest BCUT2D eigenvalue weighted by molar-refractivity contribution is 6.45. The topological polar surface area (TPSA) is 71.3 Å². The average molecular weight is 433 g/mol. The van der Waals surface area contributed by atoms with Crippen LogP contribution < -0.4 is 10.7 Å². The number of carboxylic acid groups (broad SMARTS) is 1. The summed E-state index contributed by atoms with van der Waals surface area (Å²) in [6, 6.07) is 9.04. The summed E-state index contributed by atoms with van der Waals surface area (Å²) in [5.74, 6) is -1.02. The van der Waals surface area contributed by atoms with Crippen molar-refractivity contribution in [1.29, 1.82) is 0 Å². The molecule has 1 aliphatic carbocycles. The Morgan fingerprint density at radius 3 is 2.45 bits per heavy atom. The number of aromatic nitrogens is 1. The van der Waals surface area contributed by atoms with Gasteiger partial charge in [-0.1, -0.05) is 48.9 Å². The van der Waals surface area contributed by atoms with Gasteiger partial charge in [0.1, 0.15) is 6.54 Å². The van der Waals surface area contributed by atoms with Gasteiger partial charge in [0.15, 0.2) is 5.43 Å². The molecule has 1 aromatic heterocycles. The summed E-state index contributed by atoms with van der Waals surface area (Å²) in [6.07, 6.45) is 7.15. The van der Waals surface area contributed by atoms with Gasteiger partial charge >= 0.3 is 5.97 Å². The first-order chi connectivity index (χ1) is 14.0. The van der Waals surface area contributed by atoms with Gasteiger partial charge < -0.3 is 15.0 Å². The van der Waals surface area contributed by atoms with Crippen LogP contribution in [-0.2, 0) is 11.3 Å². The molecule has 1 saturated carbocycles. The smallest absolute Gasteiger partial charge is 0.323 e. The highest BCUT2D eigenvalue weighted by Crippen LogP contribution is 2.32. The summed E-state index contributed by atoms with van der Waals surface area (Å²) in [4.78, 5) is 24.6. The number of halogens is 2. The van der Waals surface area contributed by atoms with E-state index >= 15 is 0 Å². The maximum atomic E-state index is 13.1. The fourth-order valence-corrected chi connectivity index (χ4v) is 4.67. The van der Waals surface area contributed by atoms with E-state index in [1.165, 1.54) is 25.7 Å². The molecule has 152 valence electrons. The number of hydrogen-bond donors (Lipinski definition) is 2. The molecule has 1 aliphatic rings. The molecule has 3 aromatic rings. The number of nitrogens with one attached hydrogen (secondary N) is 1. The van der Waals surface area contributed by atoms with Crippen molar-refractivity contribution in [2.24, 2.45) is 0 Å². The minimum absolute atomic E-state index is 0.184. The Kier molecular flexibility index (Phi) is 5.70. The van der Waals surface area contributed by atoms with Crippen molar-refractivity contribution in [2.75, 3.05) is 5.32 Å². The van der Waals surface area contributed by atoms with Crippen molar-refractivity contribution in [2.45, 2.75) is 51.1 Å². The van der Waals surface area contributed by atoms with Gasteiger partial charge in [0.2, 0.25) is 0 Å². The third-order valence-electron chi connectivity index (χ3n) is 5.64. The van der Waals surface area contributed by atoms with E-state index < -0.39 is 5.97 Å². The Labute approximate surface area is 178 Å². The number of benzene rings is 2. The number of carboxylic acids is 1. The van der Waals surface area contributed by atoms with E-state index in [1.807, 2.05) is 12.1 Å². The highest BCUT2D eigenvalue weighted by atomic mass is 35.5. The molecule has 0 unspecified atom stereocenters. The number of carbonyl (C=O) groups is 1. The number of anilines is 1. The monoisotopic (exact) mass is 432 g/mol.